The Kier molecular flexibility index (Phi) is 4.61. The van der Waals surface area contributed by atoms with E-state index >= 15 is 0 Å². The normalized spacial score (nSPS) is 10.5. The third kappa shape index (κ3) is 3.58. The van der Waals surface area contributed by atoms with E-state index < -0.39 is 0 Å². The lowest BCUT2D eigenvalue weighted by molar-refractivity contribution is 0.100. The van der Waals surface area contributed by atoms with E-state index in [2.05, 4.69) is 30.9 Å². The summed E-state index contributed by atoms with van der Waals surface area (Å²) in [6.45, 7) is 5.29. The number of anilines is 1. The highest BCUT2D eigenvalue weighted by atomic mass is 35.5. The Morgan fingerprint density at radius 2 is 1.89 bits per heavy atom. The molecule has 0 fully saturated rings. The first-order valence-electron chi connectivity index (χ1n) is 6.20. The number of nitrogens with zero attached hydrogens (tertiary/aromatic N) is 1. The summed E-state index contributed by atoms with van der Waals surface area (Å²) in [5.74, 6) is 0.110. The molecular weight excluding hydrogens is 278 g/mol. The molecule has 100 valence electrons. The zero-order valence-electron chi connectivity index (χ0n) is 11.0. The maximum absolute atomic E-state index is 12.2. The summed E-state index contributed by atoms with van der Waals surface area (Å²) >= 11 is 7.20. The average molecular weight is 294 g/mol. The van der Waals surface area contributed by atoms with Crippen LogP contribution in [0.4, 0.5) is 5.69 Å². The quantitative estimate of drug-likeness (QED) is 0.761. The van der Waals surface area contributed by atoms with Gasteiger partial charge in [0.15, 0.2) is 5.78 Å². The molecule has 0 N–H and O–H groups in total. The molecule has 0 aliphatic carbocycles. The second kappa shape index (κ2) is 6.22. The van der Waals surface area contributed by atoms with E-state index in [0.717, 1.165) is 17.1 Å². The van der Waals surface area contributed by atoms with Crippen LogP contribution in [0.2, 0.25) is 4.34 Å². The van der Waals surface area contributed by atoms with Crippen LogP contribution in [-0.2, 0) is 0 Å². The molecule has 2 nitrogen and oxygen atoms in total. The molecule has 0 aliphatic rings. The van der Waals surface area contributed by atoms with Gasteiger partial charge in [-0.3, -0.25) is 4.79 Å². The zero-order valence-corrected chi connectivity index (χ0v) is 12.6. The third-order valence-corrected chi connectivity index (χ3v) is 4.24. The number of carbonyl (C=O) groups excluding carboxylic acids is 1. The van der Waals surface area contributed by atoms with Gasteiger partial charge in [0, 0.05) is 12.2 Å². The van der Waals surface area contributed by atoms with E-state index in [-0.39, 0.29) is 5.78 Å². The molecule has 0 spiro atoms. The van der Waals surface area contributed by atoms with Gasteiger partial charge < -0.3 is 4.90 Å². The molecule has 0 atom stereocenters. The van der Waals surface area contributed by atoms with Gasteiger partial charge in [0.2, 0.25) is 0 Å². The lowest BCUT2D eigenvalue weighted by Gasteiger charge is -2.22. The molecule has 1 heterocycles. The highest BCUT2D eigenvalue weighted by Gasteiger charge is 2.13. The molecule has 19 heavy (non-hydrogen) atoms. The monoisotopic (exact) mass is 293 g/mol. The summed E-state index contributed by atoms with van der Waals surface area (Å²) in [6, 6.07) is 11.8. The standard InChI is InChI=1S/C15H16ClNOS/c1-3-17(12-6-4-11(2)5-7-12)10-13(18)14-8-9-15(16)19-14/h4-9H,3,10H2,1-2H3. The summed E-state index contributed by atoms with van der Waals surface area (Å²) < 4.78 is 0.654. The predicted molar refractivity (Wildman–Crippen MR) is 82.7 cm³/mol. The van der Waals surface area contributed by atoms with Crippen molar-refractivity contribution in [2.75, 3.05) is 18.0 Å². The Morgan fingerprint density at radius 1 is 1.21 bits per heavy atom. The molecule has 2 rings (SSSR count). The van der Waals surface area contributed by atoms with Gasteiger partial charge in [0.25, 0.3) is 0 Å². The number of likely N-dealkylation sites (N-methyl/N-ethyl adjacent to an activating group) is 1. The van der Waals surface area contributed by atoms with Gasteiger partial charge in [-0.05, 0) is 38.1 Å². The van der Waals surface area contributed by atoms with Crippen LogP contribution in [0.25, 0.3) is 0 Å². The largest absolute Gasteiger partial charge is 0.364 e. The lowest BCUT2D eigenvalue weighted by Crippen LogP contribution is -2.29. The van der Waals surface area contributed by atoms with Crippen molar-refractivity contribution in [2.24, 2.45) is 0 Å². The number of thiophene rings is 1. The number of carbonyl (C=O) groups is 1. The fourth-order valence-electron chi connectivity index (χ4n) is 1.86. The first-order valence-corrected chi connectivity index (χ1v) is 7.39. The van der Waals surface area contributed by atoms with Crippen molar-refractivity contribution in [1.29, 1.82) is 0 Å². The number of hydrogen-bond donors (Lipinski definition) is 0. The van der Waals surface area contributed by atoms with Gasteiger partial charge in [-0.1, -0.05) is 29.3 Å². The fraction of sp³-hybridized carbons (Fsp3) is 0.267. The Bertz CT molecular complexity index is 562. The van der Waals surface area contributed by atoms with Crippen molar-refractivity contribution in [1.82, 2.24) is 0 Å². The zero-order chi connectivity index (χ0) is 13.8. The van der Waals surface area contributed by atoms with Gasteiger partial charge in [0.1, 0.15) is 0 Å². The first-order chi connectivity index (χ1) is 9.10. The van der Waals surface area contributed by atoms with Crippen molar-refractivity contribution in [2.45, 2.75) is 13.8 Å². The van der Waals surface area contributed by atoms with Crippen LogP contribution in [0.15, 0.2) is 36.4 Å². The molecule has 2 aromatic rings. The molecule has 0 radical (unpaired) electrons. The average Bonchev–Trinajstić information content (AvgIpc) is 2.84. The molecule has 1 aromatic heterocycles. The number of ketones is 1. The molecular formula is C15H16ClNOS. The molecule has 0 saturated carbocycles. The van der Waals surface area contributed by atoms with E-state index in [1.165, 1.54) is 16.9 Å². The number of Topliss-reactive ketones (excluding diaryl/α,β-unsaturated/α-hetero) is 1. The van der Waals surface area contributed by atoms with Crippen molar-refractivity contribution in [3.05, 3.63) is 51.2 Å². The maximum Gasteiger partial charge on any atom is 0.192 e. The minimum atomic E-state index is 0.110. The smallest absolute Gasteiger partial charge is 0.192 e. The Hall–Kier alpha value is -1.32. The summed E-state index contributed by atoms with van der Waals surface area (Å²) in [6.07, 6.45) is 0. The van der Waals surface area contributed by atoms with Gasteiger partial charge in [-0.2, -0.15) is 0 Å². The highest BCUT2D eigenvalue weighted by molar-refractivity contribution is 7.18. The van der Waals surface area contributed by atoms with E-state index in [4.69, 9.17) is 11.6 Å². The molecule has 4 heteroatoms. The Balaban J connectivity index is 2.11. The summed E-state index contributed by atoms with van der Waals surface area (Å²) in [4.78, 5) is 15.0. The van der Waals surface area contributed by atoms with Crippen LogP contribution in [0, 0.1) is 6.92 Å². The molecule has 0 saturated heterocycles. The maximum atomic E-state index is 12.2. The van der Waals surface area contributed by atoms with E-state index in [1.807, 2.05) is 12.1 Å². The Labute approximate surface area is 122 Å². The van der Waals surface area contributed by atoms with Crippen molar-refractivity contribution in [3.63, 3.8) is 0 Å². The first kappa shape index (κ1) is 14.1. The minimum absolute atomic E-state index is 0.110. The lowest BCUT2D eigenvalue weighted by atomic mass is 10.2. The summed E-state index contributed by atoms with van der Waals surface area (Å²) in [7, 11) is 0. The number of rotatable bonds is 5. The van der Waals surface area contributed by atoms with Crippen LogP contribution in [0.3, 0.4) is 0 Å². The van der Waals surface area contributed by atoms with Crippen molar-refractivity contribution >= 4 is 34.4 Å². The topological polar surface area (TPSA) is 20.3 Å². The van der Waals surface area contributed by atoms with E-state index in [1.54, 1.807) is 12.1 Å². The molecule has 0 unspecified atom stereocenters. The van der Waals surface area contributed by atoms with Crippen LogP contribution < -0.4 is 4.90 Å². The van der Waals surface area contributed by atoms with Gasteiger partial charge >= 0.3 is 0 Å². The van der Waals surface area contributed by atoms with Crippen molar-refractivity contribution in [3.8, 4) is 0 Å². The minimum Gasteiger partial charge on any atom is -0.364 e. The van der Waals surface area contributed by atoms with Crippen LogP contribution in [0.1, 0.15) is 22.2 Å². The second-order valence-electron chi connectivity index (χ2n) is 4.38. The molecule has 0 bridgehead atoms. The number of aryl methyl sites for hydroxylation is 1. The van der Waals surface area contributed by atoms with E-state index in [0.29, 0.717) is 10.9 Å². The summed E-state index contributed by atoms with van der Waals surface area (Å²) in [5, 5.41) is 0. The predicted octanol–water partition coefficient (Wildman–Crippen LogP) is 4.42. The second-order valence-corrected chi connectivity index (χ2v) is 6.09. The van der Waals surface area contributed by atoms with Crippen molar-refractivity contribution < 1.29 is 4.79 Å². The van der Waals surface area contributed by atoms with Crippen LogP contribution in [0.5, 0.6) is 0 Å². The van der Waals surface area contributed by atoms with Crippen LogP contribution >= 0.6 is 22.9 Å². The molecule has 0 amide bonds. The van der Waals surface area contributed by atoms with E-state index in [9.17, 15) is 4.79 Å². The van der Waals surface area contributed by atoms with Gasteiger partial charge in [-0.25, -0.2) is 0 Å². The van der Waals surface area contributed by atoms with Gasteiger partial charge in [0.05, 0.1) is 15.8 Å². The molecule has 1 aromatic carbocycles. The highest BCUT2D eigenvalue weighted by Crippen LogP contribution is 2.23. The summed E-state index contributed by atoms with van der Waals surface area (Å²) in [5.41, 5.74) is 2.29. The molecule has 0 aliphatic heterocycles. The SMILES string of the molecule is CCN(CC(=O)c1ccc(Cl)s1)c1ccc(C)cc1. The third-order valence-electron chi connectivity index (χ3n) is 2.96. The number of hydrogen-bond acceptors (Lipinski definition) is 3. The van der Waals surface area contributed by atoms with Crippen LogP contribution in [-0.4, -0.2) is 18.9 Å². The van der Waals surface area contributed by atoms with Gasteiger partial charge in [-0.15, -0.1) is 11.3 Å². The number of benzene rings is 1. The number of halogens is 1. The fourth-order valence-corrected chi connectivity index (χ4v) is 2.83. The Morgan fingerprint density at radius 3 is 2.42 bits per heavy atom.